The van der Waals surface area contributed by atoms with E-state index in [1.807, 2.05) is 24.3 Å². The van der Waals surface area contributed by atoms with Crippen molar-refractivity contribution >= 4 is 11.7 Å². The molecule has 0 aromatic heterocycles. The third kappa shape index (κ3) is 4.70. The number of benzene rings is 3. The number of aliphatic carboxylic acids is 1. The van der Waals surface area contributed by atoms with E-state index in [0.29, 0.717) is 23.5 Å². The lowest BCUT2D eigenvalue weighted by atomic mass is 10.0. The van der Waals surface area contributed by atoms with Crippen LogP contribution in [0.4, 0.5) is 5.69 Å². The van der Waals surface area contributed by atoms with Gasteiger partial charge in [0.15, 0.2) is 0 Å². The Kier molecular flexibility index (Phi) is 5.47. The van der Waals surface area contributed by atoms with Crippen LogP contribution in [-0.4, -0.2) is 16.0 Å². The first kappa shape index (κ1) is 18.1. The SMILES string of the molecule is O=C(O)Cc1ccc(OCc2ccc(-c3ccccc3[N+](=O)[O-])cc2)cc1. The lowest BCUT2D eigenvalue weighted by Crippen LogP contribution is -2.00. The van der Waals surface area contributed by atoms with Gasteiger partial charge in [-0.1, -0.05) is 48.5 Å². The zero-order valence-electron chi connectivity index (χ0n) is 14.4. The molecule has 0 saturated carbocycles. The highest BCUT2D eigenvalue weighted by molar-refractivity contribution is 5.73. The molecule has 0 amide bonds. The number of para-hydroxylation sites is 1. The summed E-state index contributed by atoms with van der Waals surface area (Å²) in [5.41, 5.74) is 3.05. The van der Waals surface area contributed by atoms with E-state index in [1.54, 1.807) is 42.5 Å². The summed E-state index contributed by atoms with van der Waals surface area (Å²) >= 11 is 0. The number of ether oxygens (including phenoxy) is 1. The van der Waals surface area contributed by atoms with Gasteiger partial charge in [-0.2, -0.15) is 0 Å². The first-order chi connectivity index (χ1) is 13.0. The minimum atomic E-state index is -0.873. The summed E-state index contributed by atoms with van der Waals surface area (Å²) in [4.78, 5) is 21.5. The van der Waals surface area contributed by atoms with E-state index in [4.69, 9.17) is 9.84 Å². The summed E-state index contributed by atoms with van der Waals surface area (Å²) in [5, 5.41) is 19.9. The van der Waals surface area contributed by atoms with Crippen molar-refractivity contribution in [3.63, 3.8) is 0 Å². The van der Waals surface area contributed by atoms with Gasteiger partial charge in [0.2, 0.25) is 0 Å². The van der Waals surface area contributed by atoms with Crippen LogP contribution < -0.4 is 4.74 Å². The highest BCUT2D eigenvalue weighted by Gasteiger charge is 2.13. The third-order valence-electron chi connectivity index (χ3n) is 4.05. The third-order valence-corrected chi connectivity index (χ3v) is 4.05. The summed E-state index contributed by atoms with van der Waals surface area (Å²) in [7, 11) is 0. The molecule has 3 rings (SSSR count). The average molecular weight is 363 g/mol. The Balaban J connectivity index is 1.66. The van der Waals surface area contributed by atoms with Crippen LogP contribution in [0.15, 0.2) is 72.8 Å². The molecule has 0 aliphatic heterocycles. The van der Waals surface area contributed by atoms with E-state index in [9.17, 15) is 14.9 Å². The van der Waals surface area contributed by atoms with Gasteiger partial charge in [0.05, 0.1) is 16.9 Å². The van der Waals surface area contributed by atoms with E-state index in [0.717, 1.165) is 11.1 Å². The van der Waals surface area contributed by atoms with Gasteiger partial charge in [0, 0.05) is 6.07 Å². The molecule has 3 aromatic rings. The molecule has 0 aliphatic carbocycles. The summed E-state index contributed by atoms with van der Waals surface area (Å²) in [6, 6.07) is 20.9. The number of carboxylic acids is 1. The minimum Gasteiger partial charge on any atom is -0.489 e. The summed E-state index contributed by atoms with van der Waals surface area (Å²) < 4.78 is 5.70. The molecular weight excluding hydrogens is 346 g/mol. The van der Waals surface area contributed by atoms with Crippen LogP contribution in [0.1, 0.15) is 11.1 Å². The van der Waals surface area contributed by atoms with Gasteiger partial charge in [-0.15, -0.1) is 0 Å². The van der Waals surface area contributed by atoms with Crippen LogP contribution >= 0.6 is 0 Å². The van der Waals surface area contributed by atoms with Gasteiger partial charge in [0.25, 0.3) is 5.69 Å². The highest BCUT2D eigenvalue weighted by atomic mass is 16.6. The molecule has 136 valence electrons. The smallest absolute Gasteiger partial charge is 0.307 e. The Hall–Kier alpha value is -3.67. The highest BCUT2D eigenvalue weighted by Crippen LogP contribution is 2.29. The van der Waals surface area contributed by atoms with E-state index in [1.165, 1.54) is 6.07 Å². The first-order valence-electron chi connectivity index (χ1n) is 8.29. The lowest BCUT2D eigenvalue weighted by molar-refractivity contribution is -0.384. The van der Waals surface area contributed by atoms with Gasteiger partial charge < -0.3 is 9.84 Å². The van der Waals surface area contributed by atoms with E-state index < -0.39 is 5.97 Å². The number of nitro groups is 1. The van der Waals surface area contributed by atoms with Gasteiger partial charge >= 0.3 is 5.97 Å². The summed E-state index contributed by atoms with van der Waals surface area (Å²) in [6.07, 6.45) is -0.0205. The van der Waals surface area contributed by atoms with E-state index in [2.05, 4.69) is 0 Å². The number of nitrogens with zero attached hydrogens (tertiary/aromatic N) is 1. The Labute approximate surface area is 155 Å². The van der Waals surface area contributed by atoms with Crippen molar-refractivity contribution in [3.8, 4) is 16.9 Å². The fourth-order valence-electron chi connectivity index (χ4n) is 2.70. The Morgan fingerprint density at radius 3 is 2.19 bits per heavy atom. The Morgan fingerprint density at radius 2 is 1.56 bits per heavy atom. The van der Waals surface area contributed by atoms with Crippen molar-refractivity contribution in [1.82, 2.24) is 0 Å². The van der Waals surface area contributed by atoms with Crippen LogP contribution in [0.25, 0.3) is 11.1 Å². The fourth-order valence-corrected chi connectivity index (χ4v) is 2.70. The maximum Gasteiger partial charge on any atom is 0.307 e. The molecule has 6 heteroatoms. The molecule has 27 heavy (non-hydrogen) atoms. The topological polar surface area (TPSA) is 89.7 Å². The van der Waals surface area contributed by atoms with Crippen molar-refractivity contribution in [1.29, 1.82) is 0 Å². The second-order valence-electron chi connectivity index (χ2n) is 5.97. The van der Waals surface area contributed by atoms with Gasteiger partial charge in [-0.25, -0.2) is 0 Å². The molecule has 0 unspecified atom stereocenters. The van der Waals surface area contributed by atoms with Crippen molar-refractivity contribution in [2.24, 2.45) is 0 Å². The molecule has 0 heterocycles. The van der Waals surface area contributed by atoms with Crippen molar-refractivity contribution in [3.05, 3.63) is 94.0 Å². The minimum absolute atomic E-state index is 0.0205. The molecule has 1 N–H and O–H groups in total. The Bertz CT molecular complexity index is 949. The quantitative estimate of drug-likeness (QED) is 0.494. The zero-order chi connectivity index (χ0) is 19.2. The van der Waals surface area contributed by atoms with Crippen LogP contribution in [0.5, 0.6) is 5.75 Å². The van der Waals surface area contributed by atoms with Gasteiger partial charge in [0.1, 0.15) is 12.4 Å². The lowest BCUT2D eigenvalue weighted by Gasteiger charge is -2.08. The van der Waals surface area contributed by atoms with Crippen molar-refractivity contribution in [2.45, 2.75) is 13.0 Å². The average Bonchev–Trinajstić information content (AvgIpc) is 2.67. The molecular formula is C21H17NO5. The number of nitro benzene ring substituents is 1. The van der Waals surface area contributed by atoms with E-state index in [-0.39, 0.29) is 17.0 Å². The Morgan fingerprint density at radius 1 is 0.926 bits per heavy atom. The predicted molar refractivity (Wildman–Crippen MR) is 101 cm³/mol. The number of rotatable bonds is 7. The van der Waals surface area contributed by atoms with Gasteiger partial charge in [-0.05, 0) is 34.9 Å². The molecule has 0 bridgehead atoms. The fraction of sp³-hybridized carbons (Fsp3) is 0.0952. The van der Waals surface area contributed by atoms with Crippen molar-refractivity contribution in [2.75, 3.05) is 0 Å². The largest absolute Gasteiger partial charge is 0.489 e. The molecule has 0 atom stereocenters. The second kappa shape index (κ2) is 8.14. The first-order valence-corrected chi connectivity index (χ1v) is 8.29. The molecule has 0 saturated heterocycles. The number of carbonyl (C=O) groups is 1. The van der Waals surface area contributed by atoms with Crippen molar-refractivity contribution < 1.29 is 19.6 Å². The van der Waals surface area contributed by atoms with E-state index >= 15 is 0 Å². The maximum absolute atomic E-state index is 11.2. The second-order valence-corrected chi connectivity index (χ2v) is 5.97. The normalized spacial score (nSPS) is 10.4. The van der Waals surface area contributed by atoms with Crippen LogP contribution in [0, 0.1) is 10.1 Å². The molecule has 0 radical (unpaired) electrons. The van der Waals surface area contributed by atoms with Crippen LogP contribution in [0.2, 0.25) is 0 Å². The van der Waals surface area contributed by atoms with Crippen LogP contribution in [0.3, 0.4) is 0 Å². The monoisotopic (exact) mass is 363 g/mol. The zero-order valence-corrected chi connectivity index (χ0v) is 14.4. The predicted octanol–water partition coefficient (Wildman–Crippen LogP) is 4.47. The number of carboxylic acid groups (broad SMARTS) is 1. The number of hydrogen-bond donors (Lipinski definition) is 1. The summed E-state index contributed by atoms with van der Waals surface area (Å²) in [5.74, 6) is -0.227. The summed E-state index contributed by atoms with van der Waals surface area (Å²) in [6.45, 7) is 0.343. The molecule has 3 aromatic carbocycles. The molecule has 0 fully saturated rings. The molecule has 0 aliphatic rings. The molecule has 0 spiro atoms. The molecule has 6 nitrogen and oxygen atoms in total. The van der Waals surface area contributed by atoms with Gasteiger partial charge in [-0.3, -0.25) is 14.9 Å². The van der Waals surface area contributed by atoms with Crippen LogP contribution in [-0.2, 0) is 17.8 Å². The number of hydrogen-bond acceptors (Lipinski definition) is 4. The maximum atomic E-state index is 11.2. The standard InChI is InChI=1S/C21H17NO5/c23-21(24)13-15-7-11-18(12-8-15)27-14-16-5-9-17(10-6-16)19-3-1-2-4-20(19)22(25)26/h1-12H,13-14H2,(H,23,24).